The minimum Gasteiger partial charge on any atom is -0.464 e. The number of hydrogen-bond donors (Lipinski definition) is 2. The first kappa shape index (κ1) is 28.5. The van der Waals surface area contributed by atoms with Gasteiger partial charge in [-0.25, -0.2) is 19.6 Å². The van der Waals surface area contributed by atoms with Gasteiger partial charge in [-0.1, -0.05) is 50.5 Å². The molecule has 0 aliphatic carbocycles. The first-order chi connectivity index (χ1) is 19.2. The molecule has 2 N–H and O–H groups in total. The van der Waals surface area contributed by atoms with E-state index >= 15 is 0 Å². The van der Waals surface area contributed by atoms with E-state index in [0.717, 1.165) is 17.5 Å². The number of H-pyrrole nitrogens is 1. The minimum atomic E-state index is -1.61. The quantitative estimate of drug-likeness (QED) is 0.172. The number of imide groups is 1. The normalized spacial score (nSPS) is 11.0. The molecule has 11 nitrogen and oxygen atoms in total. The zero-order chi connectivity index (χ0) is 28.8. The second kappa shape index (κ2) is 12.6. The largest absolute Gasteiger partial charge is 0.464 e. The third kappa shape index (κ3) is 6.20. The van der Waals surface area contributed by atoms with E-state index in [-0.39, 0.29) is 35.4 Å². The molecule has 0 bridgehead atoms. The molecule has 40 heavy (non-hydrogen) atoms. The lowest BCUT2D eigenvalue weighted by atomic mass is 10.0. The first-order valence-electron chi connectivity index (χ1n) is 12.7. The van der Waals surface area contributed by atoms with Crippen molar-refractivity contribution in [2.75, 3.05) is 11.5 Å². The summed E-state index contributed by atoms with van der Waals surface area (Å²) in [5.74, 6) is -0.00501. The van der Waals surface area contributed by atoms with Crippen LogP contribution in [0.15, 0.2) is 58.0 Å². The summed E-state index contributed by atoms with van der Waals surface area (Å²) in [4.78, 5) is 49.3. The molecule has 0 saturated heterocycles. The molecule has 208 valence electrons. The lowest BCUT2D eigenvalue weighted by Crippen LogP contribution is -2.37. The van der Waals surface area contributed by atoms with Gasteiger partial charge in [0, 0.05) is 34.8 Å². The van der Waals surface area contributed by atoms with Crippen LogP contribution >= 0.6 is 11.6 Å². The van der Waals surface area contributed by atoms with E-state index in [1.165, 1.54) is 12.3 Å². The number of carboxylic acid groups (broad SMARTS) is 1. The van der Waals surface area contributed by atoms with Crippen LogP contribution in [0.5, 0.6) is 0 Å². The van der Waals surface area contributed by atoms with E-state index in [2.05, 4.69) is 20.1 Å². The van der Waals surface area contributed by atoms with Gasteiger partial charge in [0.05, 0.1) is 18.5 Å². The summed E-state index contributed by atoms with van der Waals surface area (Å²) in [5.41, 5.74) is 3.23. The van der Waals surface area contributed by atoms with Gasteiger partial charge in [-0.3, -0.25) is 4.79 Å². The van der Waals surface area contributed by atoms with Crippen molar-refractivity contribution in [2.45, 2.75) is 45.4 Å². The maximum Gasteiger partial charge on any atom is 0.425 e. The molecule has 3 aromatic heterocycles. The Kier molecular flexibility index (Phi) is 8.95. The van der Waals surface area contributed by atoms with Gasteiger partial charge < -0.3 is 19.4 Å². The number of alkyl halides is 1. The molecule has 4 aromatic rings. The van der Waals surface area contributed by atoms with Crippen LogP contribution in [0.1, 0.15) is 50.8 Å². The molecule has 0 radical (unpaired) electrons. The number of hydrogen-bond acceptors (Lipinski definition) is 8. The lowest BCUT2D eigenvalue weighted by Gasteiger charge is -2.19. The number of anilines is 1. The third-order valence-electron chi connectivity index (χ3n) is 5.99. The number of halogens is 1. The second-order valence-corrected chi connectivity index (χ2v) is 9.50. The fourth-order valence-corrected chi connectivity index (χ4v) is 4.14. The SMILES string of the molecule is CCCCOC(=O)N(C(=O)O)c1ncc(-c2ccc(=O)[nH]c2C(C)C)nc1-c1cc(-c2cccc(CCl)c2)no1. The fraction of sp³-hybridized carbons (Fsp3) is 0.286. The Balaban J connectivity index is 1.88. The molecular formula is C28H28ClN5O6. The number of rotatable bonds is 9. The summed E-state index contributed by atoms with van der Waals surface area (Å²) < 4.78 is 10.8. The van der Waals surface area contributed by atoms with Crippen molar-refractivity contribution in [2.24, 2.45) is 0 Å². The van der Waals surface area contributed by atoms with Gasteiger partial charge in [-0.05, 0) is 30.0 Å². The molecule has 0 atom stereocenters. The summed E-state index contributed by atoms with van der Waals surface area (Å²) >= 11 is 5.98. The summed E-state index contributed by atoms with van der Waals surface area (Å²) in [6.07, 6.45) is -0.0804. The van der Waals surface area contributed by atoms with Crippen LogP contribution in [-0.4, -0.2) is 44.0 Å². The molecule has 0 fully saturated rings. The van der Waals surface area contributed by atoms with Crippen molar-refractivity contribution < 1.29 is 24.0 Å². The Bertz CT molecular complexity index is 1580. The van der Waals surface area contributed by atoms with Gasteiger partial charge >= 0.3 is 12.2 Å². The predicted octanol–water partition coefficient (Wildman–Crippen LogP) is 6.44. The average Bonchev–Trinajstić information content (AvgIpc) is 3.44. The maximum atomic E-state index is 12.8. The van der Waals surface area contributed by atoms with E-state index in [9.17, 15) is 19.5 Å². The van der Waals surface area contributed by atoms with Crippen molar-refractivity contribution in [3.8, 4) is 34.0 Å². The maximum absolute atomic E-state index is 12.8. The number of nitrogens with one attached hydrogen (secondary N) is 1. The number of nitrogens with zero attached hydrogens (tertiary/aromatic N) is 4. The number of pyridine rings is 1. The Morgan fingerprint density at radius 3 is 2.67 bits per heavy atom. The van der Waals surface area contributed by atoms with E-state index in [1.54, 1.807) is 12.1 Å². The van der Waals surface area contributed by atoms with E-state index in [4.69, 9.17) is 20.9 Å². The highest BCUT2D eigenvalue weighted by atomic mass is 35.5. The van der Waals surface area contributed by atoms with Crippen LogP contribution in [-0.2, 0) is 10.6 Å². The highest BCUT2D eigenvalue weighted by Gasteiger charge is 2.32. The Morgan fingerprint density at radius 1 is 1.18 bits per heavy atom. The number of amides is 2. The zero-order valence-electron chi connectivity index (χ0n) is 22.2. The summed E-state index contributed by atoms with van der Waals surface area (Å²) in [5, 5.41) is 14.1. The molecule has 0 saturated carbocycles. The topological polar surface area (TPSA) is 152 Å². The minimum absolute atomic E-state index is 0.0401. The lowest BCUT2D eigenvalue weighted by molar-refractivity contribution is 0.147. The molecule has 3 heterocycles. The van der Waals surface area contributed by atoms with Crippen LogP contribution in [0.3, 0.4) is 0 Å². The number of unbranched alkanes of at least 4 members (excludes halogenated alkanes) is 1. The highest BCUT2D eigenvalue weighted by molar-refractivity contribution is 6.17. The van der Waals surface area contributed by atoms with Gasteiger partial charge in [0.15, 0.2) is 17.3 Å². The number of ether oxygens (including phenoxy) is 1. The molecule has 4 rings (SSSR count). The Hall–Kier alpha value is -4.51. The van der Waals surface area contributed by atoms with Crippen molar-refractivity contribution in [3.05, 3.63) is 70.3 Å². The summed E-state index contributed by atoms with van der Waals surface area (Å²) in [6.45, 7) is 5.78. The standard InChI is InChI=1S/C28H28ClN5O6/c1-4-5-11-39-28(38)34(27(36)37)26-25(22-13-20(33-40-22)18-8-6-7-17(12-18)14-29)31-21(15-30-26)19-9-10-23(35)32-24(19)16(2)3/h6-10,12-13,15-16H,4-5,11,14H2,1-3H3,(H,32,35)(H,36,37). The molecule has 12 heteroatoms. The zero-order valence-corrected chi connectivity index (χ0v) is 22.9. The van der Waals surface area contributed by atoms with Gasteiger partial charge in [0.1, 0.15) is 5.69 Å². The predicted molar refractivity (Wildman–Crippen MR) is 149 cm³/mol. The number of benzene rings is 1. The fourth-order valence-electron chi connectivity index (χ4n) is 3.97. The Morgan fingerprint density at radius 2 is 1.98 bits per heavy atom. The molecule has 1 aromatic carbocycles. The van der Waals surface area contributed by atoms with Gasteiger partial charge in [-0.2, -0.15) is 4.90 Å². The Labute approximate surface area is 234 Å². The summed E-state index contributed by atoms with van der Waals surface area (Å²) in [6, 6.07) is 11.9. The van der Waals surface area contributed by atoms with Crippen LogP contribution in [0.2, 0.25) is 0 Å². The number of carbonyl (C=O) groups is 2. The number of aromatic amines is 1. The van der Waals surface area contributed by atoms with Crippen LogP contribution in [0.25, 0.3) is 34.0 Å². The smallest absolute Gasteiger partial charge is 0.425 e. The van der Waals surface area contributed by atoms with E-state index in [1.807, 2.05) is 45.0 Å². The first-order valence-corrected chi connectivity index (χ1v) is 13.2. The van der Waals surface area contributed by atoms with Crippen LogP contribution < -0.4 is 10.5 Å². The van der Waals surface area contributed by atoms with Crippen molar-refractivity contribution in [1.29, 1.82) is 0 Å². The molecule has 2 amide bonds. The van der Waals surface area contributed by atoms with Crippen molar-refractivity contribution >= 4 is 29.6 Å². The van der Waals surface area contributed by atoms with E-state index in [0.29, 0.717) is 39.8 Å². The molecule has 0 spiro atoms. The van der Waals surface area contributed by atoms with Crippen molar-refractivity contribution in [1.82, 2.24) is 20.1 Å². The molecular weight excluding hydrogens is 538 g/mol. The third-order valence-corrected chi connectivity index (χ3v) is 6.29. The van der Waals surface area contributed by atoms with Gasteiger partial charge in [0.25, 0.3) is 0 Å². The highest BCUT2D eigenvalue weighted by Crippen LogP contribution is 2.34. The molecule has 0 unspecified atom stereocenters. The van der Waals surface area contributed by atoms with Crippen LogP contribution in [0.4, 0.5) is 15.4 Å². The second-order valence-electron chi connectivity index (χ2n) is 9.23. The van der Waals surface area contributed by atoms with Crippen molar-refractivity contribution in [3.63, 3.8) is 0 Å². The monoisotopic (exact) mass is 565 g/mol. The van der Waals surface area contributed by atoms with Gasteiger partial charge in [-0.15, -0.1) is 11.6 Å². The number of aromatic nitrogens is 4. The van der Waals surface area contributed by atoms with E-state index < -0.39 is 12.2 Å². The van der Waals surface area contributed by atoms with Crippen LogP contribution in [0, 0.1) is 0 Å². The number of carbonyl (C=O) groups excluding carboxylic acids is 1. The summed E-state index contributed by atoms with van der Waals surface area (Å²) in [7, 11) is 0. The molecule has 0 aliphatic heterocycles. The van der Waals surface area contributed by atoms with Gasteiger partial charge in [0.2, 0.25) is 5.56 Å². The average molecular weight is 566 g/mol. The molecule has 0 aliphatic rings.